The lowest BCUT2D eigenvalue weighted by Gasteiger charge is -2.22. The van der Waals surface area contributed by atoms with Gasteiger partial charge in [-0.3, -0.25) is 4.79 Å². The Labute approximate surface area is 265 Å². The van der Waals surface area contributed by atoms with Crippen molar-refractivity contribution in [1.29, 1.82) is 0 Å². The molecule has 0 fully saturated rings. The number of esters is 2. The maximum atomic E-state index is 13.3. The first-order valence-electron chi connectivity index (χ1n) is 15.5. The molecule has 0 saturated carbocycles. The zero-order valence-corrected chi connectivity index (χ0v) is 27.2. The van der Waals surface area contributed by atoms with Gasteiger partial charge in [0.1, 0.15) is 0 Å². The van der Waals surface area contributed by atoms with Crippen LogP contribution in [0.15, 0.2) is 84.9 Å². The summed E-state index contributed by atoms with van der Waals surface area (Å²) in [6.45, 7) is 9.70. The number of carbonyl (C=O) groups excluding carboxylic acids is 3. The highest BCUT2D eigenvalue weighted by molar-refractivity contribution is 6.26. The highest BCUT2D eigenvalue weighted by Gasteiger charge is 2.27. The second kappa shape index (κ2) is 16.3. The number of methoxy groups -OCH3 is 2. The van der Waals surface area contributed by atoms with Gasteiger partial charge < -0.3 is 14.6 Å². The summed E-state index contributed by atoms with van der Waals surface area (Å²) in [6.07, 6.45) is 0.605. The minimum atomic E-state index is -0.538. The fraction of sp³-hybridized carbons (Fsp3) is 0.256. The minimum Gasteiger partial charge on any atom is -0.465 e. The molecule has 234 valence electrons. The third-order valence-electron chi connectivity index (χ3n) is 7.46. The summed E-state index contributed by atoms with van der Waals surface area (Å²) >= 11 is 0. The van der Waals surface area contributed by atoms with Gasteiger partial charge in [0.2, 0.25) is 0 Å². The van der Waals surface area contributed by atoms with Gasteiger partial charge in [-0.25, -0.2) is 9.59 Å². The Bertz CT molecular complexity index is 1730. The number of benzene rings is 5. The molecule has 6 heteroatoms. The van der Waals surface area contributed by atoms with Crippen LogP contribution in [0.2, 0.25) is 0 Å². The van der Waals surface area contributed by atoms with E-state index < -0.39 is 11.9 Å². The van der Waals surface area contributed by atoms with Crippen molar-refractivity contribution >= 4 is 39.3 Å². The fourth-order valence-electron chi connectivity index (χ4n) is 5.70. The van der Waals surface area contributed by atoms with E-state index in [-0.39, 0.29) is 18.8 Å². The Morgan fingerprint density at radius 3 is 1.38 bits per heavy atom. The Balaban J connectivity index is 0.00000133. The van der Waals surface area contributed by atoms with Crippen LogP contribution in [0.5, 0.6) is 0 Å². The van der Waals surface area contributed by atoms with Crippen molar-refractivity contribution in [3.8, 4) is 22.3 Å². The molecular weight excluding hydrogens is 564 g/mol. The van der Waals surface area contributed by atoms with E-state index in [4.69, 9.17) is 9.47 Å². The lowest BCUT2D eigenvalue weighted by molar-refractivity contribution is 0.0592. The molecule has 5 aromatic rings. The van der Waals surface area contributed by atoms with Crippen LogP contribution in [-0.2, 0) is 15.9 Å². The van der Waals surface area contributed by atoms with Gasteiger partial charge >= 0.3 is 11.9 Å². The molecular formula is C39H42O6. The Kier molecular flexibility index (Phi) is 12.6. The van der Waals surface area contributed by atoms with E-state index in [2.05, 4.69) is 0 Å². The molecule has 5 aromatic carbocycles. The van der Waals surface area contributed by atoms with Gasteiger partial charge in [0.25, 0.3) is 0 Å². The number of hydrogen-bond acceptors (Lipinski definition) is 6. The fourth-order valence-corrected chi connectivity index (χ4v) is 5.70. The monoisotopic (exact) mass is 606 g/mol. The largest absolute Gasteiger partial charge is 0.465 e. The van der Waals surface area contributed by atoms with Gasteiger partial charge in [-0.15, -0.1) is 0 Å². The van der Waals surface area contributed by atoms with E-state index in [0.29, 0.717) is 34.2 Å². The molecule has 0 aliphatic carbocycles. The number of aliphatic hydroxyl groups excluding tert-OH is 1. The van der Waals surface area contributed by atoms with Crippen LogP contribution < -0.4 is 0 Å². The molecule has 0 heterocycles. The summed E-state index contributed by atoms with van der Waals surface area (Å²) in [6, 6.07) is 26.1. The minimum absolute atomic E-state index is 0.0933. The van der Waals surface area contributed by atoms with Crippen LogP contribution in [0.25, 0.3) is 43.8 Å². The first kappa shape index (κ1) is 34.7. The van der Waals surface area contributed by atoms with Crippen LogP contribution in [0.3, 0.4) is 0 Å². The molecule has 0 radical (unpaired) electrons. The van der Waals surface area contributed by atoms with Gasteiger partial charge in [-0.2, -0.15) is 0 Å². The number of rotatable bonds is 8. The van der Waals surface area contributed by atoms with Crippen molar-refractivity contribution in [2.75, 3.05) is 20.8 Å². The van der Waals surface area contributed by atoms with Crippen LogP contribution in [-0.4, -0.2) is 43.7 Å². The average molecular weight is 607 g/mol. The second-order valence-electron chi connectivity index (χ2n) is 9.64. The smallest absolute Gasteiger partial charge is 0.338 e. The standard InChI is InChI=1S/C35H30O6.2C2H6/c1-4-29(37)26-16-10-18-28(35(39)41-3)33(26)32-24-14-7-5-12-22(24)31(23-13-6-8-15-25(23)32)30-21(19-20-36)11-9-17-27(30)34(38)40-2;2*1-2/h5-18,36H,4,19-20H2,1-3H3;2*1-2H3. The highest BCUT2D eigenvalue weighted by atomic mass is 16.5. The molecule has 0 aliphatic rings. The van der Waals surface area contributed by atoms with Crippen molar-refractivity contribution in [2.24, 2.45) is 0 Å². The van der Waals surface area contributed by atoms with Gasteiger partial charge in [0, 0.05) is 29.7 Å². The van der Waals surface area contributed by atoms with Crippen molar-refractivity contribution in [2.45, 2.75) is 47.5 Å². The van der Waals surface area contributed by atoms with Gasteiger partial charge in [-0.05, 0) is 56.8 Å². The molecule has 0 aliphatic heterocycles. The van der Waals surface area contributed by atoms with Gasteiger partial charge in [-0.1, -0.05) is 107 Å². The van der Waals surface area contributed by atoms with Crippen LogP contribution in [0.1, 0.15) is 77.7 Å². The normalized spacial score (nSPS) is 10.3. The SMILES string of the molecule is CC.CC.CCC(=O)c1cccc(C(=O)OC)c1-c1c2ccccc2c(-c2c(CCO)cccc2C(=O)OC)c2ccccc12. The van der Waals surface area contributed by atoms with Gasteiger partial charge in [0.05, 0.1) is 25.3 Å². The molecule has 0 aromatic heterocycles. The summed E-state index contributed by atoms with van der Waals surface area (Å²) in [5, 5.41) is 13.2. The lowest BCUT2D eigenvalue weighted by atomic mass is 9.80. The van der Waals surface area contributed by atoms with E-state index in [0.717, 1.165) is 38.2 Å². The number of fused-ring (bicyclic) bond motifs is 2. The maximum Gasteiger partial charge on any atom is 0.338 e. The van der Waals surface area contributed by atoms with E-state index in [1.54, 1.807) is 37.3 Å². The summed E-state index contributed by atoms with van der Waals surface area (Å²) in [5.74, 6) is -1.11. The maximum absolute atomic E-state index is 13.3. The second-order valence-corrected chi connectivity index (χ2v) is 9.64. The molecule has 5 rings (SSSR count). The van der Waals surface area contributed by atoms with Crippen molar-refractivity contribution < 1.29 is 29.0 Å². The molecule has 0 unspecified atom stereocenters. The molecule has 0 spiro atoms. The average Bonchev–Trinajstić information content (AvgIpc) is 3.11. The molecule has 0 bridgehead atoms. The molecule has 45 heavy (non-hydrogen) atoms. The quantitative estimate of drug-likeness (QED) is 0.108. The van der Waals surface area contributed by atoms with E-state index in [1.807, 2.05) is 82.3 Å². The zero-order chi connectivity index (χ0) is 33.1. The van der Waals surface area contributed by atoms with E-state index in [9.17, 15) is 19.5 Å². The van der Waals surface area contributed by atoms with Crippen molar-refractivity contribution in [3.63, 3.8) is 0 Å². The highest BCUT2D eigenvalue weighted by Crippen LogP contribution is 2.47. The Morgan fingerprint density at radius 2 is 0.956 bits per heavy atom. The third kappa shape index (κ3) is 6.66. The first-order chi connectivity index (χ1) is 22.0. The predicted molar refractivity (Wildman–Crippen MR) is 183 cm³/mol. The summed E-state index contributed by atoms with van der Waals surface area (Å²) < 4.78 is 10.3. The van der Waals surface area contributed by atoms with Crippen molar-refractivity contribution in [3.05, 3.63) is 107 Å². The van der Waals surface area contributed by atoms with Crippen LogP contribution in [0, 0.1) is 0 Å². The van der Waals surface area contributed by atoms with Gasteiger partial charge in [0.15, 0.2) is 5.78 Å². The first-order valence-corrected chi connectivity index (χ1v) is 15.5. The van der Waals surface area contributed by atoms with E-state index in [1.165, 1.54) is 14.2 Å². The molecule has 6 nitrogen and oxygen atoms in total. The Morgan fingerprint density at radius 1 is 0.556 bits per heavy atom. The lowest BCUT2D eigenvalue weighted by Crippen LogP contribution is -2.10. The number of aliphatic hydroxyl groups is 1. The molecule has 0 amide bonds. The number of Topliss-reactive ketones (excluding diaryl/α,β-unsaturated/α-hetero) is 1. The number of carbonyl (C=O) groups is 3. The van der Waals surface area contributed by atoms with Crippen molar-refractivity contribution in [1.82, 2.24) is 0 Å². The number of hydrogen-bond donors (Lipinski definition) is 1. The van der Waals surface area contributed by atoms with E-state index >= 15 is 0 Å². The topological polar surface area (TPSA) is 89.9 Å². The Hall–Kier alpha value is -4.81. The third-order valence-corrected chi connectivity index (χ3v) is 7.46. The number of ketones is 1. The van der Waals surface area contributed by atoms with Crippen LogP contribution >= 0.6 is 0 Å². The molecule has 0 saturated heterocycles. The summed E-state index contributed by atoms with van der Waals surface area (Å²) in [4.78, 5) is 39.4. The summed E-state index contributed by atoms with van der Waals surface area (Å²) in [5.41, 5.74) is 4.66. The van der Waals surface area contributed by atoms with Crippen LogP contribution in [0.4, 0.5) is 0 Å². The predicted octanol–water partition coefficient (Wildman–Crippen LogP) is 9.08. The zero-order valence-electron chi connectivity index (χ0n) is 27.2. The summed E-state index contributed by atoms with van der Waals surface area (Å²) in [7, 11) is 2.67. The molecule has 1 N–H and O–H groups in total. The number of ether oxygens (including phenoxy) is 2. The molecule has 0 atom stereocenters.